The first-order chi connectivity index (χ1) is 7.78. The van der Waals surface area contributed by atoms with Crippen molar-refractivity contribution in [3.8, 4) is 0 Å². The van der Waals surface area contributed by atoms with Gasteiger partial charge in [0.15, 0.2) is 0 Å². The van der Waals surface area contributed by atoms with Gasteiger partial charge in [-0.05, 0) is 36.8 Å². The SMILES string of the molecule is CCc1ccc(CSc2cccc(N)c2)s1. The highest BCUT2D eigenvalue weighted by Crippen LogP contribution is 2.27. The highest BCUT2D eigenvalue weighted by Gasteiger charge is 2.00. The first kappa shape index (κ1) is 11.6. The van der Waals surface area contributed by atoms with Crippen LogP contribution in [0.25, 0.3) is 0 Å². The molecule has 0 amide bonds. The van der Waals surface area contributed by atoms with E-state index in [0.717, 1.165) is 17.9 Å². The molecule has 1 aromatic carbocycles. The van der Waals surface area contributed by atoms with Gasteiger partial charge >= 0.3 is 0 Å². The van der Waals surface area contributed by atoms with E-state index in [2.05, 4.69) is 25.1 Å². The molecule has 2 aromatic rings. The Morgan fingerprint density at radius 3 is 2.69 bits per heavy atom. The predicted molar refractivity (Wildman–Crippen MR) is 74.1 cm³/mol. The van der Waals surface area contributed by atoms with Crippen molar-refractivity contribution in [3.63, 3.8) is 0 Å². The number of aryl methyl sites for hydroxylation is 1. The third-order valence-electron chi connectivity index (χ3n) is 2.30. The second-order valence-corrected chi connectivity index (χ2v) is 5.88. The van der Waals surface area contributed by atoms with Crippen LogP contribution < -0.4 is 5.73 Å². The minimum atomic E-state index is 0.838. The Bertz CT molecular complexity index is 462. The predicted octanol–water partition coefficient (Wildman–Crippen LogP) is 4.19. The van der Waals surface area contributed by atoms with Crippen molar-refractivity contribution in [1.29, 1.82) is 0 Å². The first-order valence-electron chi connectivity index (χ1n) is 5.34. The molecule has 0 atom stereocenters. The normalized spacial score (nSPS) is 10.6. The van der Waals surface area contributed by atoms with E-state index < -0.39 is 0 Å². The molecule has 0 aliphatic carbocycles. The largest absolute Gasteiger partial charge is 0.399 e. The average molecular weight is 249 g/mol. The summed E-state index contributed by atoms with van der Waals surface area (Å²) in [6.07, 6.45) is 1.13. The molecule has 1 nitrogen and oxygen atoms in total. The summed E-state index contributed by atoms with van der Waals surface area (Å²) in [6.45, 7) is 2.20. The van der Waals surface area contributed by atoms with Crippen LogP contribution in [-0.2, 0) is 12.2 Å². The van der Waals surface area contributed by atoms with Crippen LogP contribution in [0.2, 0.25) is 0 Å². The number of thioether (sulfide) groups is 1. The van der Waals surface area contributed by atoms with Crippen molar-refractivity contribution in [2.24, 2.45) is 0 Å². The molecule has 1 aromatic heterocycles. The van der Waals surface area contributed by atoms with Crippen molar-refractivity contribution < 1.29 is 0 Å². The molecule has 0 aliphatic heterocycles. The Morgan fingerprint density at radius 2 is 2.00 bits per heavy atom. The van der Waals surface area contributed by atoms with Crippen LogP contribution in [0, 0.1) is 0 Å². The summed E-state index contributed by atoms with van der Waals surface area (Å²) >= 11 is 3.75. The summed E-state index contributed by atoms with van der Waals surface area (Å²) in [5, 5.41) is 0. The van der Waals surface area contributed by atoms with Crippen molar-refractivity contribution in [2.45, 2.75) is 24.0 Å². The monoisotopic (exact) mass is 249 g/mol. The standard InChI is InChI=1S/C13H15NS2/c1-2-11-6-7-13(16-11)9-15-12-5-3-4-10(14)8-12/h3-8H,2,9,14H2,1H3. The van der Waals surface area contributed by atoms with Gasteiger partial charge in [-0.1, -0.05) is 13.0 Å². The molecule has 2 rings (SSSR count). The molecule has 0 unspecified atom stereocenters. The molecular formula is C13H15NS2. The van der Waals surface area contributed by atoms with Crippen LogP contribution in [0.4, 0.5) is 5.69 Å². The fourth-order valence-electron chi connectivity index (χ4n) is 1.45. The van der Waals surface area contributed by atoms with Crippen LogP contribution in [0.5, 0.6) is 0 Å². The van der Waals surface area contributed by atoms with Gasteiger partial charge in [0.1, 0.15) is 0 Å². The zero-order valence-corrected chi connectivity index (χ0v) is 10.9. The van der Waals surface area contributed by atoms with Gasteiger partial charge < -0.3 is 5.73 Å². The third-order valence-corrected chi connectivity index (χ3v) is 4.76. The molecule has 0 radical (unpaired) electrons. The summed E-state index contributed by atoms with van der Waals surface area (Å²) in [6, 6.07) is 12.5. The topological polar surface area (TPSA) is 26.0 Å². The van der Waals surface area contributed by atoms with Crippen LogP contribution in [0.15, 0.2) is 41.3 Å². The van der Waals surface area contributed by atoms with Gasteiger partial charge in [0.2, 0.25) is 0 Å². The van der Waals surface area contributed by atoms with Gasteiger partial charge in [0.05, 0.1) is 0 Å². The fraction of sp³-hybridized carbons (Fsp3) is 0.231. The maximum Gasteiger partial charge on any atom is 0.0326 e. The second-order valence-electron chi connectivity index (χ2n) is 3.58. The minimum Gasteiger partial charge on any atom is -0.399 e. The van der Waals surface area contributed by atoms with Crippen LogP contribution in [-0.4, -0.2) is 0 Å². The molecule has 0 saturated carbocycles. The Morgan fingerprint density at radius 1 is 1.19 bits per heavy atom. The van der Waals surface area contributed by atoms with E-state index in [9.17, 15) is 0 Å². The van der Waals surface area contributed by atoms with Crippen LogP contribution in [0.3, 0.4) is 0 Å². The van der Waals surface area contributed by atoms with E-state index in [-0.39, 0.29) is 0 Å². The highest BCUT2D eigenvalue weighted by molar-refractivity contribution is 7.98. The molecule has 16 heavy (non-hydrogen) atoms. The lowest BCUT2D eigenvalue weighted by Crippen LogP contribution is -1.83. The molecule has 1 heterocycles. The zero-order chi connectivity index (χ0) is 11.4. The van der Waals surface area contributed by atoms with Gasteiger partial charge in [-0.3, -0.25) is 0 Å². The van der Waals surface area contributed by atoms with Crippen molar-refractivity contribution in [3.05, 3.63) is 46.2 Å². The molecule has 2 N–H and O–H groups in total. The zero-order valence-electron chi connectivity index (χ0n) is 9.27. The Kier molecular flexibility index (Phi) is 3.91. The number of hydrogen-bond acceptors (Lipinski definition) is 3. The Hall–Kier alpha value is -0.930. The van der Waals surface area contributed by atoms with Gasteiger partial charge in [-0.15, -0.1) is 23.1 Å². The molecule has 0 saturated heterocycles. The van der Waals surface area contributed by atoms with Crippen molar-refractivity contribution >= 4 is 28.8 Å². The van der Waals surface area contributed by atoms with E-state index in [0.29, 0.717) is 0 Å². The van der Waals surface area contributed by atoms with Gasteiger partial charge in [0, 0.05) is 26.1 Å². The number of nitrogens with two attached hydrogens (primary N) is 1. The summed E-state index contributed by atoms with van der Waals surface area (Å²) in [5.41, 5.74) is 6.58. The first-order valence-corrected chi connectivity index (χ1v) is 7.14. The van der Waals surface area contributed by atoms with Gasteiger partial charge in [-0.2, -0.15) is 0 Å². The average Bonchev–Trinajstić information content (AvgIpc) is 2.74. The van der Waals surface area contributed by atoms with E-state index in [1.54, 1.807) is 0 Å². The maximum atomic E-state index is 5.74. The smallest absolute Gasteiger partial charge is 0.0326 e. The number of anilines is 1. The van der Waals surface area contributed by atoms with Crippen LogP contribution >= 0.6 is 23.1 Å². The summed E-state index contributed by atoms with van der Waals surface area (Å²) in [7, 11) is 0. The lowest BCUT2D eigenvalue weighted by molar-refractivity contribution is 1.19. The summed E-state index contributed by atoms with van der Waals surface area (Å²) < 4.78 is 0. The number of nitrogen functional groups attached to an aromatic ring is 1. The molecular weight excluding hydrogens is 234 g/mol. The Labute approximate surface area is 105 Å². The maximum absolute atomic E-state index is 5.74. The van der Waals surface area contributed by atoms with Crippen molar-refractivity contribution in [2.75, 3.05) is 5.73 Å². The number of thiophene rings is 1. The minimum absolute atomic E-state index is 0.838. The molecule has 0 spiro atoms. The number of benzene rings is 1. The van der Waals surface area contributed by atoms with Gasteiger partial charge in [-0.25, -0.2) is 0 Å². The van der Waals surface area contributed by atoms with Crippen LogP contribution in [0.1, 0.15) is 16.7 Å². The molecule has 84 valence electrons. The lowest BCUT2D eigenvalue weighted by atomic mass is 10.3. The quantitative estimate of drug-likeness (QED) is 0.649. The highest BCUT2D eigenvalue weighted by atomic mass is 32.2. The summed E-state index contributed by atoms with van der Waals surface area (Å²) in [4.78, 5) is 4.14. The Balaban J connectivity index is 1.96. The second kappa shape index (κ2) is 5.41. The van der Waals surface area contributed by atoms with E-state index >= 15 is 0 Å². The van der Waals surface area contributed by atoms with E-state index in [1.807, 2.05) is 41.3 Å². The fourth-order valence-corrected chi connectivity index (χ4v) is 3.41. The molecule has 0 fully saturated rings. The molecule has 0 bridgehead atoms. The van der Waals surface area contributed by atoms with E-state index in [1.165, 1.54) is 14.6 Å². The van der Waals surface area contributed by atoms with Crippen molar-refractivity contribution in [1.82, 2.24) is 0 Å². The molecule has 3 heteroatoms. The summed E-state index contributed by atoms with van der Waals surface area (Å²) in [5.74, 6) is 1.04. The van der Waals surface area contributed by atoms with Gasteiger partial charge in [0.25, 0.3) is 0 Å². The molecule has 0 aliphatic rings. The third kappa shape index (κ3) is 3.03. The number of rotatable bonds is 4. The lowest BCUT2D eigenvalue weighted by Gasteiger charge is -2.00. The van der Waals surface area contributed by atoms with E-state index in [4.69, 9.17) is 5.73 Å². The number of hydrogen-bond donors (Lipinski definition) is 1.